The maximum absolute atomic E-state index is 13.1. The van der Waals surface area contributed by atoms with Gasteiger partial charge in [0.25, 0.3) is 0 Å². The van der Waals surface area contributed by atoms with Crippen LogP contribution in [0.4, 0.5) is 0 Å². The van der Waals surface area contributed by atoms with Crippen LogP contribution in [-0.2, 0) is 13.1 Å². The summed E-state index contributed by atoms with van der Waals surface area (Å²) in [6.45, 7) is 3.83. The lowest BCUT2D eigenvalue weighted by Gasteiger charge is -2.30. The predicted molar refractivity (Wildman–Crippen MR) is 116 cm³/mol. The molecule has 31 heavy (non-hydrogen) atoms. The SMILES string of the molecule is COc1ccccc1C=C1Oc2c(cc3c(c2C)OCN(Cc2cccnc2)C3)C1=O. The largest absolute Gasteiger partial charge is 0.496 e. The molecule has 0 bridgehead atoms. The van der Waals surface area contributed by atoms with Crippen molar-refractivity contribution in [2.75, 3.05) is 13.8 Å². The third-order valence-electron chi connectivity index (χ3n) is 5.56. The number of methoxy groups -OCH3 is 1. The lowest BCUT2D eigenvalue weighted by molar-refractivity contribution is 0.0876. The highest BCUT2D eigenvalue weighted by Crippen LogP contribution is 2.43. The minimum atomic E-state index is -0.129. The van der Waals surface area contributed by atoms with Crippen LogP contribution in [0.25, 0.3) is 6.08 Å². The summed E-state index contributed by atoms with van der Waals surface area (Å²) in [4.78, 5) is 19.5. The Labute approximate surface area is 180 Å². The fraction of sp³-hybridized carbons (Fsp3) is 0.200. The monoisotopic (exact) mass is 414 g/mol. The van der Waals surface area contributed by atoms with Crippen molar-refractivity contribution < 1.29 is 19.0 Å². The zero-order valence-electron chi connectivity index (χ0n) is 17.4. The van der Waals surface area contributed by atoms with E-state index in [2.05, 4.69) is 9.88 Å². The standard InChI is InChI=1S/C25H22N2O4/c1-16-24-19(14-27(15-30-24)13-17-6-5-9-26-12-17)10-20-23(28)22(31-25(16)20)11-18-7-3-4-8-21(18)29-2/h3-12H,13-15H2,1-2H3. The summed E-state index contributed by atoms with van der Waals surface area (Å²) in [7, 11) is 1.61. The Hall–Kier alpha value is -3.64. The summed E-state index contributed by atoms with van der Waals surface area (Å²) in [5.74, 6) is 2.22. The molecule has 0 aliphatic carbocycles. The fourth-order valence-electron chi connectivity index (χ4n) is 4.07. The van der Waals surface area contributed by atoms with Gasteiger partial charge in [0.1, 0.15) is 24.0 Å². The summed E-state index contributed by atoms with van der Waals surface area (Å²) in [5.41, 5.74) is 4.33. The molecule has 5 rings (SSSR count). The number of aromatic nitrogens is 1. The first-order chi connectivity index (χ1) is 15.1. The van der Waals surface area contributed by atoms with E-state index in [0.717, 1.165) is 34.5 Å². The maximum Gasteiger partial charge on any atom is 0.231 e. The van der Waals surface area contributed by atoms with Crippen LogP contribution in [0, 0.1) is 6.92 Å². The van der Waals surface area contributed by atoms with E-state index in [4.69, 9.17) is 14.2 Å². The number of ketones is 1. The molecule has 3 heterocycles. The van der Waals surface area contributed by atoms with E-state index < -0.39 is 0 Å². The molecule has 2 aromatic carbocycles. The third kappa shape index (κ3) is 3.55. The lowest BCUT2D eigenvalue weighted by atomic mass is 10.00. The number of Topliss-reactive ketones (excluding diaryl/α,β-unsaturated/α-hetero) is 1. The number of allylic oxidation sites excluding steroid dienone is 1. The number of hydrogen-bond acceptors (Lipinski definition) is 6. The molecule has 0 radical (unpaired) electrons. The predicted octanol–water partition coefficient (Wildman–Crippen LogP) is 4.37. The number of ether oxygens (including phenoxy) is 3. The van der Waals surface area contributed by atoms with Crippen LogP contribution in [0.1, 0.15) is 32.6 Å². The van der Waals surface area contributed by atoms with E-state index >= 15 is 0 Å². The Bertz CT molecular complexity index is 1190. The first kappa shape index (κ1) is 19.3. The average Bonchev–Trinajstić information content (AvgIpc) is 3.10. The molecule has 0 atom stereocenters. The van der Waals surface area contributed by atoms with Gasteiger partial charge >= 0.3 is 0 Å². The van der Waals surface area contributed by atoms with E-state index in [0.29, 0.717) is 30.3 Å². The second-order valence-electron chi connectivity index (χ2n) is 7.67. The number of benzene rings is 2. The number of pyridine rings is 1. The number of nitrogens with zero attached hydrogens (tertiary/aromatic N) is 2. The van der Waals surface area contributed by atoms with Crippen molar-refractivity contribution in [1.29, 1.82) is 0 Å². The van der Waals surface area contributed by atoms with E-state index in [9.17, 15) is 4.79 Å². The normalized spacial score (nSPS) is 16.5. The second kappa shape index (κ2) is 7.89. The molecule has 2 aliphatic rings. The van der Waals surface area contributed by atoms with Crippen LogP contribution < -0.4 is 14.2 Å². The minimum absolute atomic E-state index is 0.129. The van der Waals surface area contributed by atoms with Crippen molar-refractivity contribution in [2.45, 2.75) is 20.0 Å². The Kier molecular flexibility index (Phi) is 4.92. The van der Waals surface area contributed by atoms with Gasteiger partial charge in [0, 0.05) is 42.2 Å². The Morgan fingerprint density at radius 1 is 1.19 bits per heavy atom. The van der Waals surface area contributed by atoms with E-state index in [1.54, 1.807) is 19.4 Å². The maximum atomic E-state index is 13.1. The lowest BCUT2D eigenvalue weighted by Crippen LogP contribution is -2.32. The highest BCUT2D eigenvalue weighted by molar-refractivity contribution is 6.15. The number of fused-ring (bicyclic) bond motifs is 2. The summed E-state index contributed by atoms with van der Waals surface area (Å²) in [6.07, 6.45) is 5.35. The van der Waals surface area contributed by atoms with Crippen molar-refractivity contribution >= 4 is 11.9 Å². The molecule has 6 nitrogen and oxygen atoms in total. The van der Waals surface area contributed by atoms with Crippen LogP contribution in [0.15, 0.2) is 60.6 Å². The molecule has 6 heteroatoms. The molecule has 0 unspecified atom stereocenters. The van der Waals surface area contributed by atoms with Crippen molar-refractivity contribution in [3.8, 4) is 17.2 Å². The first-order valence-electron chi connectivity index (χ1n) is 10.1. The highest BCUT2D eigenvalue weighted by Gasteiger charge is 2.33. The smallest absolute Gasteiger partial charge is 0.231 e. The van der Waals surface area contributed by atoms with E-state index in [-0.39, 0.29) is 11.5 Å². The van der Waals surface area contributed by atoms with Gasteiger partial charge in [-0.1, -0.05) is 24.3 Å². The number of hydrogen-bond donors (Lipinski definition) is 0. The van der Waals surface area contributed by atoms with Crippen molar-refractivity contribution in [2.24, 2.45) is 0 Å². The minimum Gasteiger partial charge on any atom is -0.496 e. The summed E-state index contributed by atoms with van der Waals surface area (Å²) in [6, 6.07) is 13.4. The van der Waals surface area contributed by atoms with E-state index in [1.807, 2.05) is 55.6 Å². The Morgan fingerprint density at radius 3 is 2.87 bits per heavy atom. The van der Waals surface area contributed by atoms with E-state index in [1.165, 1.54) is 0 Å². The van der Waals surface area contributed by atoms with Crippen LogP contribution in [0.5, 0.6) is 17.2 Å². The van der Waals surface area contributed by atoms with Crippen molar-refractivity contribution in [3.63, 3.8) is 0 Å². The molecule has 0 N–H and O–H groups in total. The Balaban J connectivity index is 1.44. The van der Waals surface area contributed by atoms with Crippen molar-refractivity contribution in [3.05, 3.63) is 88.4 Å². The Morgan fingerprint density at radius 2 is 2.06 bits per heavy atom. The molecular formula is C25H22N2O4. The van der Waals surface area contributed by atoms with Crippen LogP contribution >= 0.6 is 0 Å². The number of rotatable bonds is 4. The quantitative estimate of drug-likeness (QED) is 0.591. The second-order valence-corrected chi connectivity index (χ2v) is 7.67. The molecule has 0 saturated heterocycles. The van der Waals surface area contributed by atoms with Gasteiger partial charge < -0.3 is 14.2 Å². The summed E-state index contributed by atoms with van der Waals surface area (Å²) >= 11 is 0. The number of carbonyl (C=O) groups excluding carboxylic acids is 1. The first-order valence-corrected chi connectivity index (χ1v) is 10.1. The number of para-hydroxylation sites is 1. The van der Waals surface area contributed by atoms with Gasteiger partial charge in [0.05, 0.1) is 12.7 Å². The van der Waals surface area contributed by atoms with Gasteiger partial charge in [0.15, 0.2) is 5.76 Å². The van der Waals surface area contributed by atoms with Gasteiger partial charge in [-0.2, -0.15) is 0 Å². The molecular weight excluding hydrogens is 392 g/mol. The van der Waals surface area contributed by atoms with Gasteiger partial charge in [-0.25, -0.2) is 0 Å². The highest BCUT2D eigenvalue weighted by atomic mass is 16.5. The fourth-order valence-corrected chi connectivity index (χ4v) is 4.07. The zero-order chi connectivity index (χ0) is 21.4. The summed E-state index contributed by atoms with van der Waals surface area (Å²) < 4.78 is 17.5. The molecule has 0 fully saturated rings. The molecule has 0 saturated carbocycles. The van der Waals surface area contributed by atoms with Gasteiger partial charge in [0.2, 0.25) is 5.78 Å². The van der Waals surface area contributed by atoms with Crippen LogP contribution in [0.2, 0.25) is 0 Å². The molecule has 156 valence electrons. The topological polar surface area (TPSA) is 60.9 Å². The third-order valence-corrected chi connectivity index (χ3v) is 5.56. The number of carbonyl (C=O) groups is 1. The molecule has 2 aliphatic heterocycles. The van der Waals surface area contributed by atoms with Crippen molar-refractivity contribution in [1.82, 2.24) is 9.88 Å². The molecule has 0 spiro atoms. The van der Waals surface area contributed by atoms with Crippen LogP contribution in [-0.4, -0.2) is 29.5 Å². The molecule has 1 aromatic heterocycles. The van der Waals surface area contributed by atoms with Gasteiger partial charge in [-0.15, -0.1) is 0 Å². The zero-order valence-corrected chi connectivity index (χ0v) is 17.4. The molecule has 3 aromatic rings. The van der Waals surface area contributed by atoms with Crippen LogP contribution in [0.3, 0.4) is 0 Å². The van der Waals surface area contributed by atoms with Gasteiger partial charge in [-0.3, -0.25) is 14.7 Å². The average molecular weight is 414 g/mol. The summed E-state index contributed by atoms with van der Waals surface area (Å²) in [5, 5.41) is 0. The molecule has 0 amide bonds. The van der Waals surface area contributed by atoms with Gasteiger partial charge in [-0.05, 0) is 36.8 Å².